The summed E-state index contributed by atoms with van der Waals surface area (Å²) < 4.78 is 0. The topological polar surface area (TPSA) is 205 Å². The van der Waals surface area contributed by atoms with E-state index >= 15 is 0 Å². The van der Waals surface area contributed by atoms with Gasteiger partial charge in [-0.3, -0.25) is 19.2 Å². The van der Waals surface area contributed by atoms with Crippen molar-refractivity contribution in [1.82, 2.24) is 15.5 Å². The number of benzene rings is 1. The number of aliphatic carboxylic acids is 1. The van der Waals surface area contributed by atoms with Crippen LogP contribution in [0.3, 0.4) is 0 Å². The second-order valence-corrected chi connectivity index (χ2v) is 9.11. The summed E-state index contributed by atoms with van der Waals surface area (Å²) in [4.78, 5) is 63.5. The maximum atomic E-state index is 13.2. The van der Waals surface area contributed by atoms with Crippen LogP contribution >= 0.6 is 0 Å². The zero-order chi connectivity index (χ0) is 27.0. The van der Waals surface area contributed by atoms with E-state index in [-0.39, 0.29) is 24.6 Å². The van der Waals surface area contributed by atoms with Gasteiger partial charge >= 0.3 is 5.97 Å². The number of hydrogen-bond acceptors (Lipinski definition) is 7. The van der Waals surface area contributed by atoms with Crippen LogP contribution in [-0.2, 0) is 30.4 Å². The highest BCUT2D eigenvalue weighted by Crippen LogP contribution is 2.21. The minimum absolute atomic E-state index is 0.0592. The molecule has 0 aromatic heterocycles. The fourth-order valence-corrected chi connectivity index (χ4v) is 4.07. The lowest BCUT2D eigenvalue weighted by Crippen LogP contribution is -2.59. The number of aromatic hydroxyl groups is 1. The molecule has 12 heteroatoms. The van der Waals surface area contributed by atoms with E-state index in [2.05, 4.69) is 10.6 Å². The van der Waals surface area contributed by atoms with Gasteiger partial charge in [0.2, 0.25) is 23.6 Å². The number of primary amides is 1. The summed E-state index contributed by atoms with van der Waals surface area (Å²) in [5, 5.41) is 23.9. The van der Waals surface area contributed by atoms with Gasteiger partial charge in [-0.1, -0.05) is 32.4 Å². The summed E-state index contributed by atoms with van der Waals surface area (Å²) in [6.45, 7) is 3.82. The monoisotopic (exact) mass is 505 g/mol. The van der Waals surface area contributed by atoms with Crippen LogP contribution in [0.1, 0.15) is 45.1 Å². The number of likely N-dealkylation sites (tertiary alicyclic amines) is 1. The molecule has 8 N–H and O–H groups in total. The quantitative estimate of drug-likeness (QED) is 0.212. The summed E-state index contributed by atoms with van der Waals surface area (Å²) in [5.41, 5.74) is 11.9. The van der Waals surface area contributed by atoms with Crippen LogP contribution in [0.4, 0.5) is 0 Å². The van der Waals surface area contributed by atoms with Crippen molar-refractivity contribution in [2.75, 3.05) is 6.54 Å². The molecule has 36 heavy (non-hydrogen) atoms. The predicted octanol–water partition coefficient (Wildman–Crippen LogP) is -0.771. The summed E-state index contributed by atoms with van der Waals surface area (Å²) >= 11 is 0. The Balaban J connectivity index is 2.14. The van der Waals surface area contributed by atoms with Gasteiger partial charge in [-0.05, 0) is 42.9 Å². The molecule has 4 amide bonds. The molecule has 5 atom stereocenters. The first-order valence-corrected chi connectivity index (χ1v) is 11.9. The van der Waals surface area contributed by atoms with Crippen LogP contribution in [0.2, 0.25) is 0 Å². The smallest absolute Gasteiger partial charge is 0.326 e. The maximum Gasteiger partial charge on any atom is 0.326 e. The number of carbonyl (C=O) groups excluding carboxylic acids is 4. The van der Waals surface area contributed by atoms with Crippen molar-refractivity contribution in [1.29, 1.82) is 0 Å². The van der Waals surface area contributed by atoms with E-state index < -0.39 is 60.2 Å². The molecule has 1 aliphatic rings. The number of phenolic OH excluding ortho intramolecular Hbond substituents is 1. The molecule has 0 aliphatic carbocycles. The molecule has 0 spiro atoms. The van der Waals surface area contributed by atoms with Crippen molar-refractivity contribution in [2.24, 2.45) is 17.4 Å². The van der Waals surface area contributed by atoms with Crippen molar-refractivity contribution >= 4 is 29.6 Å². The molecule has 0 radical (unpaired) electrons. The number of carboxylic acids is 1. The van der Waals surface area contributed by atoms with Crippen LogP contribution in [0.5, 0.6) is 5.75 Å². The highest BCUT2D eigenvalue weighted by Gasteiger charge is 2.40. The highest BCUT2D eigenvalue weighted by molar-refractivity contribution is 5.96. The second kappa shape index (κ2) is 12.9. The van der Waals surface area contributed by atoms with Gasteiger partial charge in [-0.15, -0.1) is 0 Å². The Morgan fingerprint density at radius 1 is 1.11 bits per heavy atom. The van der Waals surface area contributed by atoms with Gasteiger partial charge in [0.05, 0.1) is 12.5 Å². The molecule has 1 aromatic rings. The predicted molar refractivity (Wildman–Crippen MR) is 129 cm³/mol. The van der Waals surface area contributed by atoms with Gasteiger partial charge in [0, 0.05) is 6.54 Å². The van der Waals surface area contributed by atoms with E-state index in [1.54, 1.807) is 19.1 Å². The number of hydrogen-bond donors (Lipinski definition) is 6. The molecular weight excluding hydrogens is 470 g/mol. The van der Waals surface area contributed by atoms with Gasteiger partial charge in [-0.2, -0.15) is 0 Å². The SMILES string of the molecule is CCC(C)C(NC(=O)C(CC(N)=O)NC(=O)C(N)Cc1ccc(O)cc1)C(=O)N1CCCC1C(=O)O. The molecule has 0 saturated carbocycles. The van der Waals surface area contributed by atoms with Gasteiger partial charge in [-0.25, -0.2) is 4.79 Å². The molecule has 1 aromatic carbocycles. The standard InChI is InChI=1S/C24H35N5O7/c1-3-13(2)20(23(34)29-10-4-5-18(29)24(35)36)28-22(33)17(12-19(26)31)27-21(32)16(25)11-14-6-8-15(30)9-7-14/h6-9,13,16-18,20,30H,3-5,10-12,25H2,1-2H3,(H2,26,31)(H,27,32)(H,28,33)(H,35,36). The lowest BCUT2D eigenvalue weighted by molar-refractivity contribution is -0.150. The molecule has 1 heterocycles. The van der Waals surface area contributed by atoms with Crippen molar-refractivity contribution in [3.05, 3.63) is 29.8 Å². The Kier molecular flexibility index (Phi) is 10.2. The van der Waals surface area contributed by atoms with E-state index in [4.69, 9.17) is 11.5 Å². The van der Waals surface area contributed by atoms with Gasteiger partial charge in [0.15, 0.2) is 0 Å². The average molecular weight is 506 g/mol. The number of carboxylic acid groups (broad SMARTS) is 1. The zero-order valence-electron chi connectivity index (χ0n) is 20.5. The number of amides is 4. The number of phenols is 1. The molecule has 2 rings (SSSR count). The molecule has 198 valence electrons. The van der Waals surface area contributed by atoms with Gasteiger partial charge in [0.1, 0.15) is 23.9 Å². The average Bonchev–Trinajstić information content (AvgIpc) is 3.32. The first kappa shape index (κ1) is 28.6. The molecule has 5 unspecified atom stereocenters. The van der Waals surface area contributed by atoms with E-state index in [9.17, 15) is 34.2 Å². The summed E-state index contributed by atoms with van der Waals surface area (Å²) in [6.07, 6.45) is 0.945. The number of nitrogens with one attached hydrogen (secondary N) is 2. The summed E-state index contributed by atoms with van der Waals surface area (Å²) in [6, 6.07) is 1.62. The number of carbonyl (C=O) groups is 5. The van der Waals surface area contributed by atoms with Gasteiger partial charge < -0.3 is 37.2 Å². The van der Waals surface area contributed by atoms with Crippen LogP contribution in [0, 0.1) is 5.92 Å². The van der Waals surface area contributed by atoms with E-state index in [1.807, 2.05) is 6.92 Å². The van der Waals surface area contributed by atoms with Crippen LogP contribution in [0.15, 0.2) is 24.3 Å². The lowest BCUT2D eigenvalue weighted by Gasteiger charge is -2.31. The first-order chi connectivity index (χ1) is 16.9. The molecule has 1 aliphatic heterocycles. The Labute approximate surface area is 209 Å². The van der Waals surface area contributed by atoms with Crippen LogP contribution < -0.4 is 22.1 Å². The minimum Gasteiger partial charge on any atom is -0.508 e. The Bertz CT molecular complexity index is 968. The highest BCUT2D eigenvalue weighted by atomic mass is 16.4. The number of nitrogens with two attached hydrogens (primary N) is 2. The lowest BCUT2D eigenvalue weighted by atomic mass is 9.96. The normalized spacial score (nSPS) is 18.5. The first-order valence-electron chi connectivity index (χ1n) is 11.9. The largest absolute Gasteiger partial charge is 0.508 e. The molecular formula is C24H35N5O7. The van der Waals surface area contributed by atoms with E-state index in [1.165, 1.54) is 17.0 Å². The minimum atomic E-state index is -1.38. The van der Waals surface area contributed by atoms with Crippen LogP contribution in [0.25, 0.3) is 0 Å². The number of rotatable bonds is 12. The third-order valence-corrected chi connectivity index (χ3v) is 6.36. The fourth-order valence-electron chi connectivity index (χ4n) is 4.07. The van der Waals surface area contributed by atoms with E-state index in [0.717, 1.165) is 0 Å². The van der Waals surface area contributed by atoms with E-state index in [0.29, 0.717) is 24.8 Å². The van der Waals surface area contributed by atoms with Gasteiger partial charge in [0.25, 0.3) is 0 Å². The molecule has 1 saturated heterocycles. The molecule has 0 bridgehead atoms. The maximum absolute atomic E-state index is 13.2. The number of nitrogens with zero attached hydrogens (tertiary/aromatic N) is 1. The zero-order valence-corrected chi connectivity index (χ0v) is 20.5. The second-order valence-electron chi connectivity index (χ2n) is 9.11. The summed E-state index contributed by atoms with van der Waals surface area (Å²) in [5.74, 6) is -4.29. The van der Waals surface area contributed by atoms with Crippen LogP contribution in [-0.4, -0.2) is 75.4 Å². The fraction of sp³-hybridized carbons (Fsp3) is 0.542. The Morgan fingerprint density at radius 2 is 1.75 bits per heavy atom. The molecule has 12 nitrogen and oxygen atoms in total. The van der Waals surface area contributed by atoms with Crippen molar-refractivity contribution in [3.8, 4) is 5.75 Å². The Hall–Kier alpha value is -3.67. The van der Waals surface area contributed by atoms with Crippen molar-refractivity contribution < 1.29 is 34.2 Å². The van der Waals surface area contributed by atoms with Crippen molar-refractivity contribution in [3.63, 3.8) is 0 Å². The Morgan fingerprint density at radius 3 is 2.31 bits per heavy atom. The van der Waals surface area contributed by atoms with Crippen molar-refractivity contribution in [2.45, 2.75) is 70.1 Å². The summed E-state index contributed by atoms with van der Waals surface area (Å²) in [7, 11) is 0. The third kappa shape index (κ3) is 7.67. The molecule has 1 fully saturated rings. The third-order valence-electron chi connectivity index (χ3n) is 6.36.